The summed E-state index contributed by atoms with van der Waals surface area (Å²) in [4.78, 5) is 46.6. The van der Waals surface area contributed by atoms with Gasteiger partial charge in [0.1, 0.15) is 11.4 Å². The van der Waals surface area contributed by atoms with E-state index in [9.17, 15) is 18.8 Å². The van der Waals surface area contributed by atoms with E-state index < -0.39 is 29.4 Å². The fourth-order valence-corrected chi connectivity index (χ4v) is 5.04. The number of unbranched alkanes of at least 4 members (excludes halogenated alkanes) is 2. The summed E-state index contributed by atoms with van der Waals surface area (Å²) >= 11 is 0. The average Bonchev–Trinajstić information content (AvgIpc) is 3.30. The first-order chi connectivity index (χ1) is 20.9. The summed E-state index contributed by atoms with van der Waals surface area (Å²) in [6.07, 6.45) is 1.92. The van der Waals surface area contributed by atoms with Crippen molar-refractivity contribution in [3.63, 3.8) is 0 Å². The van der Waals surface area contributed by atoms with Gasteiger partial charge in [0.25, 0.3) is 5.91 Å². The van der Waals surface area contributed by atoms with E-state index in [1.54, 1.807) is 0 Å². The van der Waals surface area contributed by atoms with Gasteiger partial charge in [-0.05, 0) is 83.0 Å². The van der Waals surface area contributed by atoms with Crippen LogP contribution in [0.2, 0.25) is 0 Å². The molecule has 1 aliphatic rings. The third-order valence-corrected chi connectivity index (χ3v) is 7.40. The summed E-state index contributed by atoms with van der Waals surface area (Å²) in [6, 6.07) is 9.74. The summed E-state index contributed by atoms with van der Waals surface area (Å²) in [5.41, 5.74) is 2.01. The first-order valence-corrected chi connectivity index (χ1v) is 15.0. The number of fused-ring (bicyclic) bond motifs is 1. The summed E-state index contributed by atoms with van der Waals surface area (Å²) in [5, 5.41) is 5.64. The number of aryl methyl sites for hydroxylation is 1. The summed E-state index contributed by atoms with van der Waals surface area (Å²) in [7, 11) is 3.29. The predicted octanol–water partition coefficient (Wildman–Crippen LogP) is 4.66. The number of ether oxygens (including phenoxy) is 2. The molecular formula is C32H43FN6O5. The maximum absolute atomic E-state index is 14.2. The van der Waals surface area contributed by atoms with E-state index in [2.05, 4.69) is 44.4 Å². The van der Waals surface area contributed by atoms with Gasteiger partial charge in [0.2, 0.25) is 5.95 Å². The van der Waals surface area contributed by atoms with Crippen LogP contribution in [0, 0.1) is 5.82 Å². The zero-order valence-electron chi connectivity index (χ0n) is 26.2. The van der Waals surface area contributed by atoms with Crippen molar-refractivity contribution in [1.82, 2.24) is 24.7 Å². The highest BCUT2D eigenvalue weighted by Crippen LogP contribution is 2.24. The molecule has 0 bridgehead atoms. The molecule has 0 aliphatic carbocycles. The molecule has 44 heavy (non-hydrogen) atoms. The number of esters is 1. The van der Waals surface area contributed by atoms with Crippen LogP contribution < -0.4 is 10.6 Å². The molecule has 238 valence electrons. The maximum atomic E-state index is 14.2. The number of hydrogen-bond donors (Lipinski definition) is 2. The van der Waals surface area contributed by atoms with Crippen LogP contribution in [-0.4, -0.2) is 89.8 Å². The number of nitrogens with zero attached hydrogens (tertiary/aromatic N) is 4. The van der Waals surface area contributed by atoms with Gasteiger partial charge < -0.3 is 24.3 Å². The average molecular weight is 611 g/mol. The highest BCUT2D eigenvalue weighted by Gasteiger charge is 2.20. The van der Waals surface area contributed by atoms with Gasteiger partial charge in [0, 0.05) is 51.4 Å². The Morgan fingerprint density at radius 2 is 1.75 bits per heavy atom. The van der Waals surface area contributed by atoms with Crippen LogP contribution in [0.3, 0.4) is 0 Å². The van der Waals surface area contributed by atoms with Crippen LogP contribution in [0.1, 0.15) is 66.3 Å². The molecule has 3 aromatic rings. The van der Waals surface area contributed by atoms with Crippen molar-refractivity contribution in [3.8, 4) is 0 Å². The van der Waals surface area contributed by atoms with Crippen molar-refractivity contribution >= 4 is 35.0 Å². The minimum atomic E-state index is -0.863. The van der Waals surface area contributed by atoms with Crippen molar-refractivity contribution < 1.29 is 28.2 Å². The number of aromatic nitrogens is 2. The molecule has 11 nitrogen and oxygen atoms in total. The largest absolute Gasteiger partial charge is 0.465 e. The molecule has 2 heterocycles. The molecule has 0 radical (unpaired) electrons. The van der Waals surface area contributed by atoms with Crippen LogP contribution in [0.25, 0.3) is 11.0 Å². The third-order valence-electron chi connectivity index (χ3n) is 7.40. The van der Waals surface area contributed by atoms with Gasteiger partial charge in [-0.25, -0.2) is 19.0 Å². The van der Waals surface area contributed by atoms with Gasteiger partial charge in [0.05, 0.1) is 23.7 Å². The van der Waals surface area contributed by atoms with E-state index in [1.807, 2.05) is 31.4 Å². The second-order valence-electron chi connectivity index (χ2n) is 12.1. The molecular weight excluding hydrogens is 567 g/mol. The zero-order valence-corrected chi connectivity index (χ0v) is 26.2. The zero-order chi connectivity index (χ0) is 31.9. The Bertz CT molecular complexity index is 1480. The topological polar surface area (TPSA) is 118 Å². The lowest BCUT2D eigenvalue weighted by Gasteiger charge is -2.32. The van der Waals surface area contributed by atoms with E-state index >= 15 is 0 Å². The molecule has 12 heteroatoms. The van der Waals surface area contributed by atoms with Crippen LogP contribution in [-0.2, 0) is 22.6 Å². The van der Waals surface area contributed by atoms with Gasteiger partial charge in [-0.1, -0.05) is 6.07 Å². The number of imidazole rings is 1. The molecule has 1 aromatic heterocycles. The molecule has 4 rings (SSSR count). The van der Waals surface area contributed by atoms with Crippen molar-refractivity contribution in [2.75, 3.05) is 52.2 Å². The first-order valence-electron chi connectivity index (χ1n) is 15.0. The fourth-order valence-electron chi connectivity index (χ4n) is 5.04. The lowest BCUT2D eigenvalue weighted by Crippen LogP contribution is -2.43. The number of methoxy groups -OCH3 is 1. The Kier molecular flexibility index (Phi) is 10.9. The number of carbonyl (C=O) groups excluding carboxylic acids is 3. The normalized spacial score (nSPS) is 14.4. The highest BCUT2D eigenvalue weighted by atomic mass is 19.1. The Labute approximate surface area is 257 Å². The minimum Gasteiger partial charge on any atom is -0.465 e. The second kappa shape index (κ2) is 14.6. The van der Waals surface area contributed by atoms with Crippen LogP contribution in [0.15, 0.2) is 36.4 Å². The first kappa shape index (κ1) is 32.9. The van der Waals surface area contributed by atoms with Crippen molar-refractivity contribution in [3.05, 3.63) is 58.9 Å². The monoisotopic (exact) mass is 610 g/mol. The number of rotatable bonds is 11. The lowest BCUT2D eigenvalue weighted by atomic mass is 10.1. The van der Waals surface area contributed by atoms with Gasteiger partial charge in [-0.15, -0.1) is 0 Å². The Morgan fingerprint density at radius 1 is 1.00 bits per heavy atom. The number of alkyl carbamates (subject to hydrolysis) is 1. The van der Waals surface area contributed by atoms with Gasteiger partial charge in [-0.2, -0.15) is 0 Å². The van der Waals surface area contributed by atoms with E-state index in [0.29, 0.717) is 19.0 Å². The van der Waals surface area contributed by atoms with Crippen molar-refractivity contribution in [2.45, 2.75) is 58.7 Å². The predicted molar refractivity (Wildman–Crippen MR) is 166 cm³/mol. The van der Waals surface area contributed by atoms with Crippen molar-refractivity contribution in [1.29, 1.82) is 0 Å². The number of carbonyl (C=O) groups is 3. The maximum Gasteiger partial charge on any atom is 0.407 e. The molecule has 1 aliphatic heterocycles. The molecule has 0 saturated carbocycles. The van der Waals surface area contributed by atoms with E-state index in [4.69, 9.17) is 9.72 Å². The van der Waals surface area contributed by atoms with Gasteiger partial charge >= 0.3 is 12.1 Å². The number of benzene rings is 2. The Morgan fingerprint density at radius 3 is 2.45 bits per heavy atom. The Hall–Kier alpha value is -4.03. The van der Waals surface area contributed by atoms with Crippen molar-refractivity contribution in [2.24, 2.45) is 0 Å². The second-order valence-corrected chi connectivity index (χ2v) is 12.1. The van der Waals surface area contributed by atoms with Gasteiger partial charge in [-0.3, -0.25) is 15.0 Å². The smallest absolute Gasteiger partial charge is 0.407 e. The number of anilines is 1. The third kappa shape index (κ3) is 8.99. The van der Waals surface area contributed by atoms with Crippen LogP contribution in [0.5, 0.6) is 0 Å². The molecule has 2 N–H and O–H groups in total. The summed E-state index contributed by atoms with van der Waals surface area (Å²) in [5.74, 6) is -1.79. The molecule has 0 spiro atoms. The molecule has 0 unspecified atom stereocenters. The summed E-state index contributed by atoms with van der Waals surface area (Å²) < 4.78 is 26.1. The summed E-state index contributed by atoms with van der Waals surface area (Å²) in [6.45, 7) is 11.4. The van der Waals surface area contributed by atoms with Crippen LogP contribution >= 0.6 is 0 Å². The number of amides is 2. The number of piperazine rings is 1. The number of nitrogens with one attached hydrogen (secondary N) is 2. The van der Waals surface area contributed by atoms with E-state index in [-0.39, 0.29) is 11.1 Å². The van der Waals surface area contributed by atoms with E-state index in [0.717, 1.165) is 81.8 Å². The number of halogens is 1. The molecule has 2 amide bonds. The standard InChI is InChI=1S/C32H43FN6O5/c1-32(2,3)44-31(42)34-13-7-6-8-14-39-27-12-9-22(21-38-17-15-37(4)16-18-38)19-26(27)35-30(39)36-28(40)23-10-11-25(33)24(20-23)29(41)43-5/h9-12,19-20H,6-8,13-18,21H2,1-5H3,(H,34,42)(H,35,36,40). The number of likely N-dealkylation sites (N-methyl/N-ethyl adjacent to an activating group) is 1. The molecule has 2 aromatic carbocycles. The van der Waals surface area contributed by atoms with E-state index in [1.165, 1.54) is 12.1 Å². The number of hydrogen-bond acceptors (Lipinski definition) is 8. The minimum absolute atomic E-state index is 0.106. The molecule has 1 saturated heterocycles. The van der Waals surface area contributed by atoms with Crippen LogP contribution in [0.4, 0.5) is 15.1 Å². The fraction of sp³-hybridized carbons (Fsp3) is 0.500. The highest BCUT2D eigenvalue weighted by molar-refractivity contribution is 6.05. The molecule has 1 fully saturated rings. The lowest BCUT2D eigenvalue weighted by molar-refractivity contribution is 0.0525. The Balaban J connectivity index is 1.49. The quantitative estimate of drug-likeness (QED) is 0.238. The van der Waals surface area contributed by atoms with Gasteiger partial charge in [0.15, 0.2) is 0 Å². The SMILES string of the molecule is COC(=O)c1cc(C(=O)Nc2nc3cc(CN4CCN(C)CC4)ccc3n2CCCCCNC(=O)OC(C)(C)C)ccc1F. The molecule has 0 atom stereocenters.